The largest absolute Gasteiger partial charge is 0.465 e. The average molecular weight is 291 g/mol. The van der Waals surface area contributed by atoms with Crippen LogP contribution in [0.4, 0.5) is 0 Å². The van der Waals surface area contributed by atoms with E-state index in [0.717, 1.165) is 6.42 Å². The summed E-state index contributed by atoms with van der Waals surface area (Å²) < 4.78 is 30.9. The number of esters is 1. The first-order valence-corrected chi connectivity index (χ1v) is 8.44. The lowest BCUT2D eigenvalue weighted by atomic mass is 9.94. The Labute approximate surface area is 116 Å². The molecule has 0 amide bonds. The van der Waals surface area contributed by atoms with E-state index in [1.54, 1.807) is 6.92 Å². The van der Waals surface area contributed by atoms with E-state index in [-0.39, 0.29) is 17.8 Å². The van der Waals surface area contributed by atoms with Gasteiger partial charge in [0.2, 0.25) is 10.0 Å². The second kappa shape index (κ2) is 6.22. The average Bonchev–Trinajstić information content (AvgIpc) is 2.75. The van der Waals surface area contributed by atoms with Crippen LogP contribution in [0.25, 0.3) is 0 Å². The molecule has 112 valence electrons. The SMILES string of the molecule is CCOC(=O)C1CCCN1S(=O)(=O)CCC(C)(C)C. The van der Waals surface area contributed by atoms with Crippen LogP contribution in [0, 0.1) is 5.41 Å². The smallest absolute Gasteiger partial charge is 0.324 e. The van der Waals surface area contributed by atoms with E-state index >= 15 is 0 Å². The minimum absolute atomic E-state index is 0.0355. The van der Waals surface area contributed by atoms with Crippen LogP contribution in [-0.2, 0) is 19.6 Å². The second-order valence-corrected chi connectivity index (χ2v) is 8.19. The molecule has 0 bridgehead atoms. The molecule has 0 radical (unpaired) electrons. The van der Waals surface area contributed by atoms with Gasteiger partial charge in [0.1, 0.15) is 6.04 Å². The summed E-state index contributed by atoms with van der Waals surface area (Å²) in [4.78, 5) is 11.8. The molecule has 1 atom stereocenters. The van der Waals surface area contributed by atoms with Gasteiger partial charge in [0.15, 0.2) is 0 Å². The maximum Gasteiger partial charge on any atom is 0.324 e. The standard InChI is InChI=1S/C13H25NO4S/c1-5-18-12(15)11-7-6-9-14(11)19(16,17)10-8-13(2,3)4/h11H,5-10H2,1-4H3. The maximum absolute atomic E-state index is 12.3. The van der Waals surface area contributed by atoms with Gasteiger partial charge >= 0.3 is 5.97 Å². The quantitative estimate of drug-likeness (QED) is 0.724. The molecule has 1 aliphatic rings. The van der Waals surface area contributed by atoms with Gasteiger partial charge in [0.05, 0.1) is 12.4 Å². The fourth-order valence-electron chi connectivity index (χ4n) is 2.10. The molecule has 6 heteroatoms. The zero-order valence-electron chi connectivity index (χ0n) is 12.3. The maximum atomic E-state index is 12.3. The molecule has 19 heavy (non-hydrogen) atoms. The van der Waals surface area contributed by atoms with Crippen molar-refractivity contribution in [3.8, 4) is 0 Å². The van der Waals surface area contributed by atoms with Gasteiger partial charge in [-0.15, -0.1) is 0 Å². The van der Waals surface area contributed by atoms with Crippen molar-refractivity contribution in [2.75, 3.05) is 18.9 Å². The number of hydrogen-bond acceptors (Lipinski definition) is 4. The molecular weight excluding hydrogens is 266 g/mol. The summed E-state index contributed by atoms with van der Waals surface area (Å²) in [5, 5.41) is 0. The number of carbonyl (C=O) groups is 1. The number of sulfonamides is 1. The minimum Gasteiger partial charge on any atom is -0.465 e. The van der Waals surface area contributed by atoms with Gasteiger partial charge in [-0.2, -0.15) is 4.31 Å². The highest BCUT2D eigenvalue weighted by Gasteiger charge is 2.39. The van der Waals surface area contributed by atoms with Gasteiger partial charge in [0.25, 0.3) is 0 Å². The summed E-state index contributed by atoms with van der Waals surface area (Å²) in [7, 11) is -3.37. The molecule has 0 aromatic heterocycles. The van der Waals surface area contributed by atoms with E-state index in [0.29, 0.717) is 19.4 Å². The predicted molar refractivity (Wildman–Crippen MR) is 74.2 cm³/mol. The number of carbonyl (C=O) groups excluding carboxylic acids is 1. The number of nitrogens with zero attached hydrogens (tertiary/aromatic N) is 1. The van der Waals surface area contributed by atoms with Crippen molar-refractivity contribution >= 4 is 16.0 Å². The van der Waals surface area contributed by atoms with Crippen molar-refractivity contribution in [2.24, 2.45) is 5.41 Å². The summed E-state index contributed by atoms with van der Waals surface area (Å²) in [5.41, 5.74) is -0.0355. The molecule has 1 heterocycles. The monoisotopic (exact) mass is 291 g/mol. The highest BCUT2D eigenvalue weighted by atomic mass is 32.2. The first-order chi connectivity index (χ1) is 8.67. The Hall–Kier alpha value is -0.620. The molecule has 1 aliphatic heterocycles. The third-order valence-electron chi connectivity index (χ3n) is 3.23. The van der Waals surface area contributed by atoms with Gasteiger partial charge in [0, 0.05) is 6.54 Å². The summed E-state index contributed by atoms with van der Waals surface area (Å²) >= 11 is 0. The van der Waals surface area contributed by atoms with Crippen LogP contribution in [-0.4, -0.2) is 43.6 Å². The van der Waals surface area contributed by atoms with E-state index in [9.17, 15) is 13.2 Å². The van der Waals surface area contributed by atoms with E-state index < -0.39 is 22.0 Å². The van der Waals surface area contributed by atoms with Crippen molar-refractivity contribution in [2.45, 2.75) is 53.0 Å². The third-order valence-corrected chi connectivity index (χ3v) is 5.10. The lowest BCUT2D eigenvalue weighted by Crippen LogP contribution is -2.42. The van der Waals surface area contributed by atoms with Gasteiger partial charge in [-0.1, -0.05) is 20.8 Å². The second-order valence-electron chi connectivity index (χ2n) is 6.15. The van der Waals surface area contributed by atoms with E-state index in [4.69, 9.17) is 4.74 Å². The molecule has 5 nitrogen and oxygen atoms in total. The molecule has 0 saturated carbocycles. The highest BCUT2D eigenvalue weighted by molar-refractivity contribution is 7.89. The zero-order valence-corrected chi connectivity index (χ0v) is 13.1. The molecule has 1 fully saturated rings. The summed E-state index contributed by atoms with van der Waals surface area (Å²) in [6.45, 7) is 8.46. The molecule has 0 N–H and O–H groups in total. The molecule has 0 aromatic rings. The first kappa shape index (κ1) is 16.4. The third kappa shape index (κ3) is 4.76. The van der Waals surface area contributed by atoms with Crippen molar-refractivity contribution in [3.05, 3.63) is 0 Å². The van der Waals surface area contributed by atoms with Gasteiger partial charge in [-0.05, 0) is 31.6 Å². The van der Waals surface area contributed by atoms with Crippen LogP contribution < -0.4 is 0 Å². The van der Waals surface area contributed by atoms with E-state index in [1.165, 1.54) is 4.31 Å². The van der Waals surface area contributed by atoms with Crippen LogP contribution in [0.2, 0.25) is 0 Å². The van der Waals surface area contributed by atoms with Crippen molar-refractivity contribution in [3.63, 3.8) is 0 Å². The molecule has 0 spiro atoms. The van der Waals surface area contributed by atoms with Crippen LogP contribution in [0.15, 0.2) is 0 Å². The number of ether oxygens (including phenoxy) is 1. The Balaban J connectivity index is 2.73. The summed E-state index contributed by atoms with van der Waals surface area (Å²) in [6, 6.07) is -0.620. The molecule has 1 rings (SSSR count). The first-order valence-electron chi connectivity index (χ1n) is 6.83. The van der Waals surface area contributed by atoms with Crippen LogP contribution in [0.1, 0.15) is 47.0 Å². The summed E-state index contributed by atoms with van der Waals surface area (Å²) in [5.74, 6) is -0.328. The van der Waals surface area contributed by atoms with Crippen molar-refractivity contribution < 1.29 is 17.9 Å². The fourth-order valence-corrected chi connectivity index (χ4v) is 4.19. The molecular formula is C13H25NO4S. The Bertz CT molecular complexity index is 411. The van der Waals surface area contributed by atoms with Crippen LogP contribution in [0.5, 0.6) is 0 Å². The summed E-state index contributed by atoms with van der Waals surface area (Å²) in [6.07, 6.45) is 1.87. The zero-order chi connectivity index (χ0) is 14.7. The predicted octanol–water partition coefficient (Wildman–Crippen LogP) is 1.78. The van der Waals surface area contributed by atoms with Crippen molar-refractivity contribution in [1.82, 2.24) is 4.31 Å². The lowest BCUT2D eigenvalue weighted by molar-refractivity contribution is -0.146. The van der Waals surface area contributed by atoms with Gasteiger partial charge in [-0.25, -0.2) is 8.42 Å². The fraction of sp³-hybridized carbons (Fsp3) is 0.923. The molecule has 1 unspecified atom stereocenters. The molecule has 0 aliphatic carbocycles. The van der Waals surface area contributed by atoms with E-state index in [2.05, 4.69) is 0 Å². The topological polar surface area (TPSA) is 63.7 Å². The lowest BCUT2D eigenvalue weighted by Gasteiger charge is -2.25. The Morgan fingerprint density at radius 3 is 2.53 bits per heavy atom. The van der Waals surface area contributed by atoms with Crippen LogP contribution in [0.3, 0.4) is 0 Å². The molecule has 0 aromatic carbocycles. The Kier molecular flexibility index (Phi) is 5.38. The van der Waals surface area contributed by atoms with Gasteiger partial charge < -0.3 is 4.74 Å². The van der Waals surface area contributed by atoms with Gasteiger partial charge in [-0.3, -0.25) is 4.79 Å². The highest BCUT2D eigenvalue weighted by Crippen LogP contribution is 2.26. The Morgan fingerprint density at radius 1 is 1.37 bits per heavy atom. The Morgan fingerprint density at radius 2 is 2.00 bits per heavy atom. The number of rotatable bonds is 5. The van der Waals surface area contributed by atoms with Crippen LogP contribution >= 0.6 is 0 Å². The minimum atomic E-state index is -3.37. The number of hydrogen-bond donors (Lipinski definition) is 0. The van der Waals surface area contributed by atoms with Crippen molar-refractivity contribution in [1.29, 1.82) is 0 Å². The van der Waals surface area contributed by atoms with E-state index in [1.807, 2.05) is 20.8 Å². The molecule has 1 saturated heterocycles. The normalized spacial score (nSPS) is 21.6.